The van der Waals surface area contributed by atoms with Crippen LogP contribution in [0.1, 0.15) is 54.2 Å². The predicted octanol–water partition coefficient (Wildman–Crippen LogP) is 4.04. The van der Waals surface area contributed by atoms with Crippen molar-refractivity contribution in [1.82, 2.24) is 15.5 Å². The summed E-state index contributed by atoms with van der Waals surface area (Å²) >= 11 is 0. The summed E-state index contributed by atoms with van der Waals surface area (Å²) in [6, 6.07) is 13.8. The third-order valence-corrected chi connectivity index (χ3v) is 4.22. The van der Waals surface area contributed by atoms with Gasteiger partial charge >= 0.3 is 0 Å². The second-order valence-electron chi connectivity index (χ2n) is 7.61. The van der Waals surface area contributed by atoms with Gasteiger partial charge in [0.15, 0.2) is 5.82 Å². The van der Waals surface area contributed by atoms with E-state index < -0.39 is 0 Å². The lowest BCUT2D eigenvalue weighted by atomic mass is 9.96. The second-order valence-corrected chi connectivity index (χ2v) is 7.61. The first-order chi connectivity index (χ1) is 13.8. The molecule has 2 N–H and O–H groups in total. The van der Waals surface area contributed by atoms with Crippen molar-refractivity contribution in [3.63, 3.8) is 0 Å². The zero-order valence-electron chi connectivity index (χ0n) is 16.9. The van der Waals surface area contributed by atoms with E-state index in [9.17, 15) is 9.59 Å². The number of nitrogens with zero attached hydrogens (tertiary/aromatic N) is 2. The summed E-state index contributed by atoms with van der Waals surface area (Å²) in [5.74, 6) is 0.336. The fourth-order valence-electron chi connectivity index (χ4n) is 2.70. The molecule has 3 aromatic rings. The molecule has 3 rings (SSSR count). The van der Waals surface area contributed by atoms with Gasteiger partial charge in [-0.15, -0.1) is 0 Å². The zero-order valence-corrected chi connectivity index (χ0v) is 16.9. The van der Waals surface area contributed by atoms with Crippen LogP contribution in [0.25, 0.3) is 11.5 Å². The van der Waals surface area contributed by atoms with Crippen LogP contribution in [0.4, 0.5) is 5.69 Å². The Labute approximate surface area is 169 Å². The van der Waals surface area contributed by atoms with E-state index >= 15 is 0 Å². The maximum absolute atomic E-state index is 12.9. The lowest BCUT2D eigenvalue weighted by molar-refractivity contribution is 0.0954. The van der Waals surface area contributed by atoms with Gasteiger partial charge < -0.3 is 15.2 Å². The van der Waals surface area contributed by atoms with E-state index in [1.807, 2.05) is 33.8 Å². The standard InChI is InChI=1S/C22H24N4O3/c1-5-23-18(27)14-9-8-10-15(13-14)24-19(28)16-11-6-7-12-17(16)20-25-21(26-29-20)22(2,3)4/h6-13H,5H2,1-4H3,(H,23,27)(H,24,28). The Morgan fingerprint density at radius 1 is 1.03 bits per heavy atom. The molecule has 0 fully saturated rings. The average molecular weight is 392 g/mol. The molecule has 7 nitrogen and oxygen atoms in total. The smallest absolute Gasteiger partial charge is 0.258 e. The van der Waals surface area contributed by atoms with Crippen molar-refractivity contribution in [2.24, 2.45) is 0 Å². The molecule has 0 atom stereocenters. The highest BCUT2D eigenvalue weighted by atomic mass is 16.5. The number of carbonyl (C=O) groups is 2. The molecule has 0 radical (unpaired) electrons. The van der Waals surface area contributed by atoms with E-state index in [4.69, 9.17) is 4.52 Å². The van der Waals surface area contributed by atoms with E-state index in [1.54, 1.807) is 42.5 Å². The molecule has 1 heterocycles. The molecule has 0 saturated heterocycles. The Hall–Kier alpha value is -3.48. The highest BCUT2D eigenvalue weighted by Gasteiger charge is 2.23. The monoisotopic (exact) mass is 392 g/mol. The molecule has 1 aromatic heterocycles. The Morgan fingerprint density at radius 3 is 2.48 bits per heavy atom. The van der Waals surface area contributed by atoms with Crippen molar-refractivity contribution >= 4 is 17.5 Å². The molecule has 0 bridgehead atoms. The average Bonchev–Trinajstić information content (AvgIpc) is 3.19. The molecule has 2 amide bonds. The third-order valence-electron chi connectivity index (χ3n) is 4.22. The molecule has 0 aliphatic rings. The normalized spacial score (nSPS) is 11.2. The summed E-state index contributed by atoms with van der Waals surface area (Å²) in [6.07, 6.45) is 0. The maximum Gasteiger partial charge on any atom is 0.258 e. The fraction of sp³-hybridized carbons (Fsp3) is 0.273. The number of anilines is 1. The molecule has 0 spiro atoms. The fourth-order valence-corrected chi connectivity index (χ4v) is 2.70. The Morgan fingerprint density at radius 2 is 1.79 bits per heavy atom. The van der Waals surface area contributed by atoms with Gasteiger partial charge in [0.05, 0.1) is 11.1 Å². The predicted molar refractivity (Wildman–Crippen MR) is 111 cm³/mol. The van der Waals surface area contributed by atoms with Gasteiger partial charge in [0.1, 0.15) is 0 Å². The van der Waals surface area contributed by atoms with E-state index in [0.29, 0.717) is 34.7 Å². The summed E-state index contributed by atoms with van der Waals surface area (Å²) < 4.78 is 5.40. The molecule has 150 valence electrons. The first-order valence-electron chi connectivity index (χ1n) is 9.43. The molecular weight excluding hydrogens is 368 g/mol. The molecule has 2 aromatic carbocycles. The van der Waals surface area contributed by atoms with Gasteiger partial charge in [-0.25, -0.2) is 0 Å². The Balaban J connectivity index is 1.87. The number of aromatic nitrogens is 2. The SMILES string of the molecule is CCNC(=O)c1cccc(NC(=O)c2ccccc2-c2nc(C(C)(C)C)no2)c1. The summed E-state index contributed by atoms with van der Waals surface area (Å²) in [4.78, 5) is 29.4. The van der Waals surface area contributed by atoms with Gasteiger partial charge in [-0.2, -0.15) is 4.98 Å². The number of nitrogens with one attached hydrogen (secondary N) is 2. The first-order valence-corrected chi connectivity index (χ1v) is 9.43. The summed E-state index contributed by atoms with van der Waals surface area (Å²) in [5.41, 5.74) is 1.69. The van der Waals surface area contributed by atoms with Crippen LogP contribution in [0, 0.1) is 0 Å². The van der Waals surface area contributed by atoms with Crippen molar-refractivity contribution in [2.45, 2.75) is 33.1 Å². The van der Waals surface area contributed by atoms with Gasteiger partial charge in [0, 0.05) is 23.2 Å². The third kappa shape index (κ3) is 4.68. The highest BCUT2D eigenvalue weighted by molar-refractivity contribution is 6.08. The minimum atomic E-state index is -0.329. The van der Waals surface area contributed by atoms with E-state index in [-0.39, 0.29) is 23.1 Å². The van der Waals surface area contributed by atoms with Crippen LogP contribution in [0.5, 0.6) is 0 Å². The van der Waals surface area contributed by atoms with Crippen LogP contribution in [0.2, 0.25) is 0 Å². The number of carbonyl (C=O) groups excluding carboxylic acids is 2. The Kier molecular flexibility index (Phi) is 5.77. The second kappa shape index (κ2) is 8.26. The molecule has 29 heavy (non-hydrogen) atoms. The quantitative estimate of drug-likeness (QED) is 0.683. The summed E-state index contributed by atoms with van der Waals surface area (Å²) in [7, 11) is 0. The van der Waals surface area contributed by atoms with Crippen LogP contribution in [0.3, 0.4) is 0 Å². The van der Waals surface area contributed by atoms with Gasteiger partial charge in [-0.05, 0) is 37.3 Å². The number of hydrogen-bond donors (Lipinski definition) is 2. The topological polar surface area (TPSA) is 97.1 Å². The molecular formula is C22H24N4O3. The number of amides is 2. The largest absolute Gasteiger partial charge is 0.352 e. The van der Waals surface area contributed by atoms with Crippen LogP contribution in [0.15, 0.2) is 53.1 Å². The number of rotatable bonds is 5. The molecule has 0 unspecified atom stereocenters. The minimum Gasteiger partial charge on any atom is -0.352 e. The number of benzene rings is 2. The van der Waals surface area contributed by atoms with Crippen LogP contribution in [-0.4, -0.2) is 28.5 Å². The van der Waals surface area contributed by atoms with Gasteiger partial charge in [0.25, 0.3) is 17.7 Å². The van der Waals surface area contributed by atoms with Gasteiger partial charge in [-0.1, -0.05) is 44.1 Å². The molecule has 0 aliphatic heterocycles. The highest BCUT2D eigenvalue weighted by Crippen LogP contribution is 2.26. The van der Waals surface area contributed by atoms with Crippen molar-refractivity contribution in [2.75, 3.05) is 11.9 Å². The van der Waals surface area contributed by atoms with Gasteiger partial charge in [0.2, 0.25) is 0 Å². The summed E-state index contributed by atoms with van der Waals surface area (Å²) in [5, 5.41) is 9.61. The molecule has 0 aliphatic carbocycles. The van der Waals surface area contributed by atoms with Crippen molar-refractivity contribution in [1.29, 1.82) is 0 Å². The van der Waals surface area contributed by atoms with Crippen molar-refractivity contribution < 1.29 is 14.1 Å². The zero-order chi connectivity index (χ0) is 21.0. The Bertz CT molecular complexity index is 1030. The van der Waals surface area contributed by atoms with E-state index in [2.05, 4.69) is 20.8 Å². The lowest BCUT2D eigenvalue weighted by Crippen LogP contribution is -2.22. The van der Waals surface area contributed by atoms with E-state index in [0.717, 1.165) is 0 Å². The lowest BCUT2D eigenvalue weighted by Gasteiger charge is -2.11. The van der Waals surface area contributed by atoms with Crippen LogP contribution < -0.4 is 10.6 Å². The first kappa shape index (κ1) is 20.3. The van der Waals surface area contributed by atoms with Crippen LogP contribution >= 0.6 is 0 Å². The maximum atomic E-state index is 12.9. The van der Waals surface area contributed by atoms with Crippen molar-refractivity contribution in [3.05, 3.63) is 65.5 Å². The van der Waals surface area contributed by atoms with E-state index in [1.165, 1.54) is 0 Å². The summed E-state index contributed by atoms with van der Waals surface area (Å²) in [6.45, 7) is 8.35. The van der Waals surface area contributed by atoms with Gasteiger partial charge in [-0.3, -0.25) is 9.59 Å². The van der Waals surface area contributed by atoms with Crippen molar-refractivity contribution in [3.8, 4) is 11.5 Å². The molecule has 7 heteroatoms. The molecule has 0 saturated carbocycles. The number of hydrogen-bond acceptors (Lipinski definition) is 5. The van der Waals surface area contributed by atoms with Crippen LogP contribution in [-0.2, 0) is 5.41 Å². The minimum absolute atomic E-state index is 0.190.